The van der Waals surface area contributed by atoms with Gasteiger partial charge in [0, 0.05) is 0 Å². The third-order valence-electron chi connectivity index (χ3n) is 2.99. The SMILES string of the molecule is C=C/C(C)=C\B1OC(C)(C)C(C)(C)O1. The molecule has 1 aliphatic rings. The van der Waals surface area contributed by atoms with Gasteiger partial charge in [-0.15, -0.1) is 0 Å². The minimum absolute atomic E-state index is 0.252. The molecule has 0 aromatic rings. The lowest BCUT2D eigenvalue weighted by Crippen LogP contribution is -2.41. The van der Waals surface area contributed by atoms with Crippen molar-refractivity contribution in [2.75, 3.05) is 0 Å². The monoisotopic (exact) mass is 194 g/mol. The van der Waals surface area contributed by atoms with E-state index in [2.05, 4.69) is 6.58 Å². The summed E-state index contributed by atoms with van der Waals surface area (Å²) in [5.74, 6) is 1.95. The van der Waals surface area contributed by atoms with Crippen molar-refractivity contribution >= 4 is 7.12 Å². The maximum Gasteiger partial charge on any atom is 0.487 e. The van der Waals surface area contributed by atoms with Gasteiger partial charge in [0.15, 0.2) is 0 Å². The fourth-order valence-corrected chi connectivity index (χ4v) is 1.24. The molecule has 2 nitrogen and oxygen atoms in total. The van der Waals surface area contributed by atoms with E-state index in [0.29, 0.717) is 0 Å². The fraction of sp³-hybridized carbons (Fsp3) is 0.636. The molecule has 1 fully saturated rings. The maximum absolute atomic E-state index is 5.79. The Kier molecular flexibility index (Phi) is 2.93. The van der Waals surface area contributed by atoms with E-state index in [0.717, 1.165) is 5.57 Å². The van der Waals surface area contributed by atoms with Crippen LogP contribution in [-0.4, -0.2) is 18.3 Å². The topological polar surface area (TPSA) is 18.5 Å². The Bertz CT molecular complexity index is 250. The van der Waals surface area contributed by atoms with Crippen molar-refractivity contribution in [1.82, 2.24) is 0 Å². The van der Waals surface area contributed by atoms with Crippen LogP contribution >= 0.6 is 0 Å². The van der Waals surface area contributed by atoms with Crippen LogP contribution in [-0.2, 0) is 9.31 Å². The maximum atomic E-state index is 5.79. The van der Waals surface area contributed by atoms with Crippen LogP contribution < -0.4 is 0 Å². The molecule has 1 rings (SSSR count). The summed E-state index contributed by atoms with van der Waals surface area (Å²) in [5.41, 5.74) is 0.564. The average molecular weight is 194 g/mol. The molecule has 0 unspecified atom stereocenters. The minimum atomic E-state index is -0.254. The summed E-state index contributed by atoms with van der Waals surface area (Å²) in [7, 11) is -0.252. The fourth-order valence-electron chi connectivity index (χ4n) is 1.24. The summed E-state index contributed by atoms with van der Waals surface area (Å²) in [4.78, 5) is 0. The van der Waals surface area contributed by atoms with Crippen molar-refractivity contribution in [2.45, 2.75) is 45.8 Å². The summed E-state index contributed by atoms with van der Waals surface area (Å²) in [6, 6.07) is 0. The van der Waals surface area contributed by atoms with Gasteiger partial charge in [-0.2, -0.15) is 0 Å². The molecule has 0 bridgehead atoms. The lowest BCUT2D eigenvalue weighted by atomic mass is 9.87. The van der Waals surface area contributed by atoms with E-state index in [1.165, 1.54) is 0 Å². The summed E-state index contributed by atoms with van der Waals surface area (Å²) in [5, 5.41) is 0. The van der Waals surface area contributed by atoms with Gasteiger partial charge in [-0.1, -0.05) is 24.2 Å². The van der Waals surface area contributed by atoms with Crippen LogP contribution in [0.5, 0.6) is 0 Å². The minimum Gasteiger partial charge on any atom is -0.400 e. The van der Waals surface area contributed by atoms with Crippen LogP contribution in [0.4, 0.5) is 0 Å². The van der Waals surface area contributed by atoms with Gasteiger partial charge in [0.25, 0.3) is 0 Å². The molecule has 0 aliphatic carbocycles. The van der Waals surface area contributed by atoms with Crippen molar-refractivity contribution in [2.24, 2.45) is 0 Å². The predicted octanol–water partition coefficient (Wildman–Crippen LogP) is 2.75. The van der Waals surface area contributed by atoms with Crippen molar-refractivity contribution < 1.29 is 9.31 Å². The Morgan fingerprint density at radius 1 is 1.14 bits per heavy atom. The standard InChI is InChI=1S/C11H19BO2/c1-7-9(2)8-12-13-10(3,4)11(5,6)14-12/h7-8H,1H2,2-6H3/b9-8-. The average Bonchev–Trinajstić information content (AvgIpc) is 2.20. The highest BCUT2D eigenvalue weighted by atomic mass is 16.7. The first-order chi connectivity index (χ1) is 6.28. The zero-order valence-electron chi connectivity index (χ0n) is 9.76. The molecule has 0 atom stereocenters. The summed E-state index contributed by atoms with van der Waals surface area (Å²) >= 11 is 0. The molecule has 1 heterocycles. The molecule has 1 saturated heterocycles. The highest BCUT2D eigenvalue weighted by molar-refractivity contribution is 6.51. The number of allylic oxidation sites excluding steroid dienone is 2. The Labute approximate surface area is 87.1 Å². The molecule has 0 aromatic heterocycles. The lowest BCUT2D eigenvalue weighted by molar-refractivity contribution is 0.00578. The molecular formula is C11H19BO2. The summed E-state index contributed by atoms with van der Waals surface area (Å²) < 4.78 is 11.6. The summed E-state index contributed by atoms with van der Waals surface area (Å²) in [6.07, 6.45) is 1.80. The van der Waals surface area contributed by atoms with Crippen molar-refractivity contribution in [1.29, 1.82) is 0 Å². The van der Waals surface area contributed by atoms with E-state index in [1.807, 2.05) is 40.6 Å². The molecule has 14 heavy (non-hydrogen) atoms. The van der Waals surface area contributed by atoms with Gasteiger partial charge in [0.05, 0.1) is 11.2 Å². The predicted molar refractivity (Wildman–Crippen MR) is 60.0 cm³/mol. The first kappa shape index (κ1) is 11.5. The van der Waals surface area contributed by atoms with E-state index in [4.69, 9.17) is 9.31 Å². The largest absolute Gasteiger partial charge is 0.487 e. The molecule has 0 saturated carbocycles. The van der Waals surface area contributed by atoms with E-state index >= 15 is 0 Å². The number of hydrogen-bond donors (Lipinski definition) is 0. The molecule has 0 amide bonds. The summed E-state index contributed by atoms with van der Waals surface area (Å²) in [6.45, 7) is 13.9. The highest BCUT2D eigenvalue weighted by Gasteiger charge is 2.50. The zero-order valence-corrected chi connectivity index (χ0v) is 9.76. The first-order valence-electron chi connectivity index (χ1n) is 4.95. The quantitative estimate of drug-likeness (QED) is 0.497. The van der Waals surface area contributed by atoms with Crippen molar-refractivity contribution in [3.63, 3.8) is 0 Å². The molecule has 78 valence electrons. The third kappa shape index (κ3) is 2.10. The highest BCUT2D eigenvalue weighted by Crippen LogP contribution is 2.37. The van der Waals surface area contributed by atoms with Crippen LogP contribution in [0.2, 0.25) is 0 Å². The second-order valence-corrected chi connectivity index (χ2v) is 4.74. The van der Waals surface area contributed by atoms with Gasteiger partial charge in [-0.05, 0) is 34.6 Å². The van der Waals surface area contributed by atoms with Gasteiger partial charge >= 0.3 is 7.12 Å². The lowest BCUT2D eigenvalue weighted by Gasteiger charge is -2.32. The van der Waals surface area contributed by atoms with Crippen molar-refractivity contribution in [3.8, 4) is 0 Å². The van der Waals surface area contributed by atoms with Crippen LogP contribution in [0.1, 0.15) is 34.6 Å². The molecule has 1 aliphatic heterocycles. The molecule has 0 N–H and O–H groups in total. The normalized spacial score (nSPS) is 25.2. The Balaban J connectivity index is 2.78. The van der Waals surface area contributed by atoms with Gasteiger partial charge < -0.3 is 9.31 Å². The van der Waals surface area contributed by atoms with Crippen LogP contribution in [0.25, 0.3) is 0 Å². The second-order valence-electron chi connectivity index (χ2n) is 4.74. The Morgan fingerprint density at radius 3 is 1.93 bits per heavy atom. The number of rotatable bonds is 2. The molecular weight excluding hydrogens is 175 g/mol. The molecule has 0 radical (unpaired) electrons. The Hall–Kier alpha value is -0.535. The van der Waals surface area contributed by atoms with E-state index < -0.39 is 0 Å². The van der Waals surface area contributed by atoms with Gasteiger partial charge in [-0.25, -0.2) is 0 Å². The molecule has 3 heteroatoms. The second kappa shape index (κ2) is 3.56. The van der Waals surface area contributed by atoms with Crippen LogP contribution in [0.3, 0.4) is 0 Å². The smallest absolute Gasteiger partial charge is 0.400 e. The molecule has 0 aromatic carbocycles. The van der Waals surface area contributed by atoms with Crippen LogP contribution in [0, 0.1) is 0 Å². The van der Waals surface area contributed by atoms with E-state index in [-0.39, 0.29) is 18.3 Å². The van der Waals surface area contributed by atoms with Crippen molar-refractivity contribution in [3.05, 3.63) is 24.2 Å². The van der Waals surface area contributed by atoms with Gasteiger partial charge in [-0.3, -0.25) is 0 Å². The third-order valence-corrected chi connectivity index (χ3v) is 2.99. The van der Waals surface area contributed by atoms with Gasteiger partial charge in [0.2, 0.25) is 0 Å². The van der Waals surface area contributed by atoms with Crippen LogP contribution in [0.15, 0.2) is 24.2 Å². The molecule has 0 spiro atoms. The first-order valence-corrected chi connectivity index (χ1v) is 4.95. The van der Waals surface area contributed by atoms with E-state index in [1.54, 1.807) is 6.08 Å². The number of hydrogen-bond acceptors (Lipinski definition) is 2. The van der Waals surface area contributed by atoms with Gasteiger partial charge in [0.1, 0.15) is 0 Å². The Morgan fingerprint density at radius 2 is 1.57 bits per heavy atom. The zero-order chi connectivity index (χ0) is 11.0. The van der Waals surface area contributed by atoms with E-state index in [9.17, 15) is 0 Å².